The van der Waals surface area contributed by atoms with E-state index in [1.165, 1.54) is 33.9 Å². The van der Waals surface area contributed by atoms with Gasteiger partial charge in [-0.15, -0.1) is 0 Å². The molecule has 0 fully saturated rings. The van der Waals surface area contributed by atoms with Gasteiger partial charge in [0.2, 0.25) is 5.69 Å². The number of fused-ring (bicyclic) bond motifs is 2. The van der Waals surface area contributed by atoms with E-state index >= 15 is 0 Å². The van der Waals surface area contributed by atoms with Crippen LogP contribution in [-0.4, -0.2) is 31.9 Å². The van der Waals surface area contributed by atoms with Crippen LogP contribution in [-0.2, 0) is 10.8 Å². The summed E-state index contributed by atoms with van der Waals surface area (Å²) in [4.78, 5) is 2.32. The highest BCUT2D eigenvalue weighted by atomic mass is 19.4. The van der Waals surface area contributed by atoms with E-state index in [1.807, 2.05) is 0 Å². The fraction of sp³-hybridized carbons (Fsp3) is 0.320. The third kappa shape index (κ3) is 4.38. The summed E-state index contributed by atoms with van der Waals surface area (Å²) in [5.74, 6) is 0. The molecule has 2 nitrogen and oxygen atoms in total. The molecule has 2 aromatic rings. The maximum absolute atomic E-state index is 9.67. The summed E-state index contributed by atoms with van der Waals surface area (Å²) < 4.78 is 31.3. The molecule has 0 radical (unpaired) electrons. The Morgan fingerprint density at radius 2 is 1.41 bits per heavy atom. The van der Waals surface area contributed by atoms with Crippen LogP contribution >= 0.6 is 0 Å². The average Bonchev–Trinajstić information content (AvgIpc) is 3.02. The van der Waals surface area contributed by atoms with Gasteiger partial charge in [-0.1, -0.05) is 56.3 Å². The summed E-state index contributed by atoms with van der Waals surface area (Å²) in [6.45, 7) is 9.24. The zero-order valence-corrected chi connectivity index (χ0v) is 19.3. The molecule has 32 heavy (non-hydrogen) atoms. The van der Waals surface area contributed by atoms with Crippen molar-refractivity contribution in [1.29, 1.82) is 0 Å². The molecule has 0 unspecified atom stereocenters. The van der Waals surface area contributed by atoms with Crippen molar-refractivity contribution in [3.05, 3.63) is 83.6 Å². The Bertz CT molecular complexity index is 1070. The summed E-state index contributed by atoms with van der Waals surface area (Å²) >= 11 is 0. The number of rotatable bonds is 2. The molecule has 0 saturated carbocycles. The molecule has 0 N–H and O–H groups in total. The highest BCUT2D eigenvalue weighted by Gasteiger charge is 2.42. The first-order chi connectivity index (χ1) is 14.5. The lowest BCUT2D eigenvalue weighted by Crippen LogP contribution is -3.00. The van der Waals surface area contributed by atoms with Crippen LogP contribution in [0.5, 0.6) is 0 Å². The predicted molar refractivity (Wildman–Crippen MR) is 124 cm³/mol. The van der Waals surface area contributed by atoms with Gasteiger partial charge in [0.1, 0.15) is 7.05 Å². The number of para-hydroxylation sites is 2. The first-order valence-electron chi connectivity index (χ1n) is 10.3. The van der Waals surface area contributed by atoms with E-state index in [0.29, 0.717) is 0 Å². The van der Waals surface area contributed by atoms with Crippen LogP contribution in [0.3, 0.4) is 0 Å². The van der Waals surface area contributed by atoms with E-state index in [1.54, 1.807) is 0 Å². The van der Waals surface area contributed by atoms with E-state index < -0.39 is 7.54 Å². The van der Waals surface area contributed by atoms with Gasteiger partial charge in [0, 0.05) is 41.6 Å². The second-order valence-corrected chi connectivity index (χ2v) is 8.95. The second-order valence-electron chi connectivity index (χ2n) is 8.95. The number of likely N-dealkylation sites (N-methyl/N-ethyl adjacent to an activating group) is 1. The number of nitrogens with zero attached hydrogens (tertiary/aromatic N) is 2. The lowest BCUT2D eigenvalue weighted by molar-refractivity contribution is -0.401. The van der Waals surface area contributed by atoms with Gasteiger partial charge in [0.05, 0.1) is 5.41 Å². The number of benzene rings is 2. The van der Waals surface area contributed by atoms with Crippen LogP contribution in [0.1, 0.15) is 38.8 Å². The molecule has 0 amide bonds. The van der Waals surface area contributed by atoms with E-state index in [2.05, 4.69) is 118 Å². The number of allylic oxidation sites excluding steroid dienone is 4. The molecule has 2 aliphatic heterocycles. The Hall–Kier alpha value is -2.83. The van der Waals surface area contributed by atoms with Gasteiger partial charge in [-0.25, -0.2) is 0 Å². The van der Waals surface area contributed by atoms with E-state index in [9.17, 15) is 12.9 Å². The lowest BCUT2D eigenvalue weighted by atomic mass is 9.81. The van der Waals surface area contributed by atoms with Crippen molar-refractivity contribution >= 4 is 24.6 Å². The molecule has 4 rings (SSSR count). The fourth-order valence-corrected chi connectivity index (χ4v) is 4.83. The molecule has 0 aliphatic carbocycles. The van der Waals surface area contributed by atoms with Crippen molar-refractivity contribution in [2.75, 3.05) is 19.0 Å². The molecular formula is C25H29BF4N2. The maximum Gasteiger partial charge on any atom is 0.762 e. The molecule has 2 heterocycles. The van der Waals surface area contributed by atoms with Crippen LogP contribution in [0.15, 0.2) is 72.5 Å². The molecule has 2 aliphatic rings. The zero-order valence-electron chi connectivity index (χ0n) is 19.3. The maximum atomic E-state index is 9.67. The SMILES string of the molecule is CN1C(=CC=CC2=[N+](C)c3ccccc3C2(C)C)C(C)(C)c2ccccc21.FB(F)F.[F-]. The third-order valence-electron chi connectivity index (χ3n) is 6.39. The monoisotopic (exact) mass is 444 g/mol. The Labute approximate surface area is 188 Å². The van der Waals surface area contributed by atoms with Crippen molar-refractivity contribution in [3.8, 4) is 0 Å². The summed E-state index contributed by atoms with van der Waals surface area (Å²) in [6, 6.07) is 17.4. The summed E-state index contributed by atoms with van der Waals surface area (Å²) in [6.07, 6.45) is 6.78. The van der Waals surface area contributed by atoms with Gasteiger partial charge in [-0.2, -0.15) is 4.58 Å². The largest absolute Gasteiger partial charge is 1.00 e. The first-order valence-corrected chi connectivity index (χ1v) is 10.3. The van der Waals surface area contributed by atoms with Gasteiger partial charge in [0.15, 0.2) is 5.71 Å². The molecule has 0 bridgehead atoms. The smallest absolute Gasteiger partial charge is 0.762 e. The van der Waals surface area contributed by atoms with Crippen molar-refractivity contribution in [2.24, 2.45) is 0 Å². The highest BCUT2D eigenvalue weighted by molar-refractivity contribution is 6.33. The molecular weight excluding hydrogens is 415 g/mol. The van der Waals surface area contributed by atoms with Crippen LogP contribution in [0, 0.1) is 0 Å². The van der Waals surface area contributed by atoms with Crippen molar-refractivity contribution in [3.63, 3.8) is 0 Å². The molecule has 0 spiro atoms. The molecule has 0 atom stereocenters. The number of anilines is 1. The van der Waals surface area contributed by atoms with Crippen LogP contribution in [0.25, 0.3) is 0 Å². The summed E-state index contributed by atoms with van der Waals surface area (Å²) in [5, 5.41) is 0. The Morgan fingerprint density at radius 1 is 0.875 bits per heavy atom. The number of hydrogen-bond donors (Lipinski definition) is 0. The summed E-state index contributed by atoms with van der Waals surface area (Å²) in [5.41, 5.74) is 8.09. The molecule has 170 valence electrons. The molecule has 2 aromatic carbocycles. The van der Waals surface area contributed by atoms with Crippen molar-refractivity contribution in [2.45, 2.75) is 38.5 Å². The second kappa shape index (κ2) is 9.35. The minimum Gasteiger partial charge on any atom is -1.00 e. The molecule has 0 aromatic heterocycles. The molecule has 7 heteroatoms. The molecule has 0 saturated heterocycles. The Balaban J connectivity index is 0.000000672. The van der Waals surface area contributed by atoms with E-state index in [-0.39, 0.29) is 15.5 Å². The third-order valence-corrected chi connectivity index (χ3v) is 6.39. The van der Waals surface area contributed by atoms with Crippen molar-refractivity contribution in [1.82, 2.24) is 0 Å². The fourth-order valence-electron chi connectivity index (χ4n) is 4.83. The standard InChI is InChI=1S/C25H29N2.BF3.FH/c1-24(2)18-12-7-9-14-20(18)26(5)22(24)16-11-17-23-25(3,4)19-13-8-10-15-21(19)27(23)6;2-1(3)4;/h7-17H,1-6H3;;1H/q+1;;/p-1. The predicted octanol–water partition coefficient (Wildman–Crippen LogP) is 3.44. The number of halogens is 4. The quantitative estimate of drug-likeness (QED) is 0.391. The van der Waals surface area contributed by atoms with Crippen LogP contribution in [0.2, 0.25) is 0 Å². The van der Waals surface area contributed by atoms with Gasteiger partial charge in [0.25, 0.3) is 0 Å². The zero-order chi connectivity index (χ0) is 23.0. The topological polar surface area (TPSA) is 6.25 Å². The normalized spacial score (nSPS) is 18.8. The Morgan fingerprint density at radius 3 is 1.97 bits per heavy atom. The minimum absolute atomic E-state index is 0. The first kappa shape index (κ1) is 25.4. The van der Waals surface area contributed by atoms with Crippen molar-refractivity contribution < 1.29 is 22.2 Å². The van der Waals surface area contributed by atoms with Crippen LogP contribution in [0.4, 0.5) is 24.3 Å². The van der Waals surface area contributed by atoms with Gasteiger partial charge >= 0.3 is 7.54 Å². The summed E-state index contributed by atoms with van der Waals surface area (Å²) in [7, 11) is 0.670. The average molecular weight is 444 g/mol. The van der Waals surface area contributed by atoms with E-state index in [4.69, 9.17) is 0 Å². The van der Waals surface area contributed by atoms with Gasteiger partial charge in [-0.05, 0) is 31.6 Å². The van der Waals surface area contributed by atoms with Crippen LogP contribution < -0.4 is 9.60 Å². The Kier molecular flexibility index (Phi) is 7.43. The minimum atomic E-state index is -3.67. The van der Waals surface area contributed by atoms with Gasteiger partial charge in [-0.3, -0.25) is 12.9 Å². The van der Waals surface area contributed by atoms with Gasteiger partial charge < -0.3 is 9.60 Å². The highest BCUT2D eigenvalue weighted by Crippen LogP contribution is 2.46. The number of hydrogen-bond acceptors (Lipinski definition) is 1. The lowest BCUT2D eigenvalue weighted by Gasteiger charge is -2.23. The van der Waals surface area contributed by atoms with E-state index in [0.717, 1.165) is 0 Å².